The van der Waals surface area contributed by atoms with Crippen molar-refractivity contribution in [2.75, 3.05) is 7.11 Å². The fourth-order valence-electron chi connectivity index (χ4n) is 6.06. The highest BCUT2D eigenvalue weighted by Gasteiger charge is 2.49. The highest BCUT2D eigenvalue weighted by molar-refractivity contribution is 6.31. The van der Waals surface area contributed by atoms with Crippen molar-refractivity contribution in [3.05, 3.63) is 51.6 Å². The second kappa shape index (κ2) is 10.6. The normalized spacial score (nSPS) is 26.7. The number of carbonyl (C=O) groups is 4. The summed E-state index contributed by atoms with van der Waals surface area (Å²) in [4.78, 5) is 51.3. The van der Waals surface area contributed by atoms with Crippen molar-refractivity contribution < 1.29 is 61.9 Å². The Balaban J connectivity index is 1.59. The van der Waals surface area contributed by atoms with E-state index in [9.17, 15) is 47.7 Å². The molecule has 4 N–H and O–H groups in total. The SMILES string of the molecule is COc1cccc2c1C(=O)c1c(O)c3c(c(O)c1C2=O)C[C@@](O)(C(C)=O)C[C@@H]3O[C@H]1C[C@H](NC(=O)C(F)(F)F)C[C@H](C)O1. The lowest BCUT2D eigenvalue weighted by atomic mass is 9.72. The van der Waals surface area contributed by atoms with E-state index in [1.165, 1.54) is 32.2 Å². The first-order chi connectivity index (χ1) is 20.1. The van der Waals surface area contributed by atoms with Gasteiger partial charge in [-0.2, -0.15) is 13.2 Å². The van der Waals surface area contributed by atoms with Crippen LogP contribution in [0, 0.1) is 0 Å². The van der Waals surface area contributed by atoms with E-state index in [0.717, 1.165) is 6.92 Å². The Morgan fingerprint density at radius 3 is 2.37 bits per heavy atom. The quantitative estimate of drug-likeness (QED) is 0.317. The molecular formula is C29H28F3NO10. The number of phenolic OH excluding ortho intramolecular Hbond substituents is 2. The molecule has 0 spiro atoms. The zero-order valence-electron chi connectivity index (χ0n) is 23.2. The molecule has 3 aliphatic rings. The number of aromatic hydroxyl groups is 2. The van der Waals surface area contributed by atoms with E-state index in [1.807, 2.05) is 5.32 Å². The smallest absolute Gasteiger partial charge is 0.471 e. The van der Waals surface area contributed by atoms with Crippen LogP contribution in [0.1, 0.15) is 82.2 Å². The fourth-order valence-corrected chi connectivity index (χ4v) is 6.06. The third-order valence-corrected chi connectivity index (χ3v) is 8.12. The molecular weight excluding hydrogens is 579 g/mol. The number of benzene rings is 2. The van der Waals surface area contributed by atoms with Crippen LogP contribution in [0.15, 0.2) is 18.2 Å². The zero-order chi connectivity index (χ0) is 31.6. The van der Waals surface area contributed by atoms with E-state index in [0.29, 0.717) is 0 Å². The standard InChI is InChI=1S/C29H28F3NO10/c1-11-7-13(33-27(39)29(30,31)32)8-18(42-11)43-17-10-28(40,12(2)34)9-15-20(17)26(38)22-21(24(15)36)23(35)14-5-4-6-16(41-3)19(14)25(22)37/h4-6,11,13,17-18,36,38,40H,7-10H2,1-3H3,(H,33,39)/t11-,13+,17-,18-,28-/m0/s1. The maximum Gasteiger partial charge on any atom is 0.471 e. The summed E-state index contributed by atoms with van der Waals surface area (Å²) in [6, 6.07) is 3.24. The number of hydrogen-bond donors (Lipinski definition) is 4. The van der Waals surface area contributed by atoms with E-state index < -0.39 is 95.0 Å². The lowest BCUT2D eigenvalue weighted by molar-refractivity contribution is -0.228. The number of nitrogens with one attached hydrogen (secondary N) is 1. The first-order valence-corrected chi connectivity index (χ1v) is 13.4. The van der Waals surface area contributed by atoms with E-state index in [2.05, 4.69) is 0 Å². The topological polar surface area (TPSA) is 169 Å². The Labute approximate surface area is 242 Å². The average Bonchev–Trinajstić information content (AvgIpc) is 2.92. The van der Waals surface area contributed by atoms with Crippen molar-refractivity contribution >= 4 is 23.3 Å². The summed E-state index contributed by atoms with van der Waals surface area (Å²) in [5.41, 5.74) is -3.85. The molecule has 2 aliphatic carbocycles. The number of carbonyl (C=O) groups excluding carboxylic acids is 4. The Kier molecular flexibility index (Phi) is 7.51. The maximum absolute atomic E-state index is 13.7. The van der Waals surface area contributed by atoms with Gasteiger partial charge in [-0.3, -0.25) is 19.2 Å². The van der Waals surface area contributed by atoms with E-state index in [-0.39, 0.29) is 40.8 Å². The number of aliphatic hydroxyl groups is 1. The number of alkyl halides is 3. The molecule has 1 saturated heterocycles. The number of rotatable bonds is 5. The number of halogens is 3. The third kappa shape index (κ3) is 5.12. The first kappa shape index (κ1) is 30.4. The van der Waals surface area contributed by atoms with Crippen LogP contribution in [0.25, 0.3) is 0 Å². The van der Waals surface area contributed by atoms with Crippen LogP contribution in [-0.4, -0.2) is 75.9 Å². The molecule has 0 radical (unpaired) electrons. The van der Waals surface area contributed by atoms with Crippen LogP contribution in [0.4, 0.5) is 13.2 Å². The number of amides is 1. The van der Waals surface area contributed by atoms with Gasteiger partial charge in [0.1, 0.15) is 22.8 Å². The number of ether oxygens (including phenoxy) is 3. The van der Waals surface area contributed by atoms with Gasteiger partial charge in [0.25, 0.3) is 0 Å². The van der Waals surface area contributed by atoms with Gasteiger partial charge < -0.3 is 34.8 Å². The Morgan fingerprint density at radius 2 is 1.74 bits per heavy atom. The van der Waals surface area contributed by atoms with E-state index in [1.54, 1.807) is 0 Å². The van der Waals surface area contributed by atoms with Crippen molar-refractivity contribution in [2.24, 2.45) is 0 Å². The minimum absolute atomic E-state index is 0.0255. The van der Waals surface area contributed by atoms with Crippen molar-refractivity contribution in [3.63, 3.8) is 0 Å². The Hall–Kier alpha value is -4.01. The maximum atomic E-state index is 13.7. The van der Waals surface area contributed by atoms with Gasteiger partial charge in [-0.1, -0.05) is 12.1 Å². The van der Waals surface area contributed by atoms with Gasteiger partial charge >= 0.3 is 12.1 Å². The van der Waals surface area contributed by atoms with Gasteiger partial charge in [0.2, 0.25) is 5.78 Å². The lowest BCUT2D eigenvalue weighted by Crippen LogP contribution is -2.50. The molecule has 5 atom stereocenters. The van der Waals surface area contributed by atoms with Gasteiger partial charge in [0.05, 0.1) is 36.0 Å². The third-order valence-electron chi connectivity index (χ3n) is 8.12. The monoisotopic (exact) mass is 607 g/mol. The molecule has 1 heterocycles. The molecule has 43 heavy (non-hydrogen) atoms. The van der Waals surface area contributed by atoms with Crippen LogP contribution < -0.4 is 10.1 Å². The molecule has 11 nitrogen and oxygen atoms in total. The zero-order valence-corrected chi connectivity index (χ0v) is 23.2. The van der Waals surface area contributed by atoms with Gasteiger partial charge in [0, 0.05) is 42.0 Å². The van der Waals surface area contributed by atoms with Crippen LogP contribution >= 0.6 is 0 Å². The number of hydrogen-bond acceptors (Lipinski definition) is 10. The summed E-state index contributed by atoms with van der Waals surface area (Å²) in [6.45, 7) is 2.63. The van der Waals surface area contributed by atoms with Crippen molar-refractivity contribution in [1.82, 2.24) is 5.32 Å². The highest BCUT2D eigenvalue weighted by atomic mass is 19.4. The van der Waals surface area contributed by atoms with E-state index in [4.69, 9.17) is 14.2 Å². The molecule has 1 aliphatic heterocycles. The molecule has 0 bridgehead atoms. The van der Waals surface area contributed by atoms with Crippen LogP contribution in [0.5, 0.6) is 17.2 Å². The van der Waals surface area contributed by atoms with E-state index >= 15 is 0 Å². The minimum atomic E-state index is -5.12. The van der Waals surface area contributed by atoms with Crippen molar-refractivity contribution in [3.8, 4) is 17.2 Å². The Bertz CT molecular complexity index is 1550. The number of fused-ring (bicyclic) bond motifs is 3. The number of phenols is 2. The number of Topliss-reactive ketones (excluding diaryl/α,β-unsaturated/α-hetero) is 1. The Morgan fingerprint density at radius 1 is 1.07 bits per heavy atom. The first-order valence-electron chi connectivity index (χ1n) is 13.4. The molecule has 0 aromatic heterocycles. The van der Waals surface area contributed by atoms with Crippen LogP contribution in [0.3, 0.4) is 0 Å². The van der Waals surface area contributed by atoms with Crippen molar-refractivity contribution in [1.29, 1.82) is 0 Å². The fraction of sp³-hybridized carbons (Fsp3) is 0.448. The molecule has 1 amide bonds. The summed E-state index contributed by atoms with van der Waals surface area (Å²) < 4.78 is 55.6. The molecule has 0 saturated carbocycles. The van der Waals surface area contributed by atoms with Gasteiger partial charge in [-0.15, -0.1) is 0 Å². The van der Waals surface area contributed by atoms with Gasteiger partial charge in [0.15, 0.2) is 17.9 Å². The van der Waals surface area contributed by atoms with Gasteiger partial charge in [-0.05, 0) is 26.3 Å². The molecule has 14 heteroatoms. The summed E-state index contributed by atoms with van der Waals surface area (Å²) in [5, 5.41) is 36.0. The molecule has 230 valence electrons. The van der Waals surface area contributed by atoms with Gasteiger partial charge in [-0.25, -0.2) is 0 Å². The molecule has 5 rings (SSSR count). The molecule has 2 aromatic rings. The predicted octanol–water partition coefficient (Wildman–Crippen LogP) is 2.78. The summed E-state index contributed by atoms with van der Waals surface area (Å²) in [6.07, 6.45) is -9.82. The summed E-state index contributed by atoms with van der Waals surface area (Å²) >= 11 is 0. The minimum Gasteiger partial charge on any atom is -0.507 e. The average molecular weight is 608 g/mol. The van der Waals surface area contributed by atoms with Crippen LogP contribution in [0.2, 0.25) is 0 Å². The molecule has 0 unspecified atom stereocenters. The lowest BCUT2D eigenvalue weighted by Gasteiger charge is -2.41. The summed E-state index contributed by atoms with van der Waals surface area (Å²) in [7, 11) is 1.29. The second-order valence-electron chi connectivity index (χ2n) is 11.0. The largest absolute Gasteiger partial charge is 0.507 e. The van der Waals surface area contributed by atoms with Crippen molar-refractivity contribution in [2.45, 2.75) is 75.8 Å². The second-order valence-corrected chi connectivity index (χ2v) is 11.0. The molecule has 1 fully saturated rings. The predicted molar refractivity (Wildman–Crippen MR) is 139 cm³/mol. The molecule has 2 aromatic carbocycles. The highest BCUT2D eigenvalue weighted by Crippen LogP contribution is 2.52. The van der Waals surface area contributed by atoms with Crippen LogP contribution in [-0.2, 0) is 25.5 Å². The number of ketones is 3. The summed E-state index contributed by atoms with van der Waals surface area (Å²) in [5.74, 6) is -5.94. The number of methoxy groups -OCH3 is 1.